The molecule has 2 aliphatic heterocycles. The van der Waals surface area contributed by atoms with Crippen molar-refractivity contribution in [2.45, 2.75) is 13.5 Å². The molecule has 0 atom stereocenters. The summed E-state index contributed by atoms with van der Waals surface area (Å²) < 4.78 is 39.2. The second-order valence-electron chi connectivity index (χ2n) is 5.63. The molecule has 3 heterocycles. The number of imidazole rings is 1. The number of benzene rings is 1. The van der Waals surface area contributed by atoms with Gasteiger partial charge in [0, 0.05) is 13.0 Å². The second-order valence-corrected chi connectivity index (χ2v) is 6.37. The number of halogens is 2. The van der Waals surface area contributed by atoms with Crippen LogP contribution in [0.4, 0.5) is 5.82 Å². The van der Waals surface area contributed by atoms with Gasteiger partial charge in [0.2, 0.25) is 11.2 Å². The predicted octanol–water partition coefficient (Wildman–Crippen LogP) is 2.90. The van der Waals surface area contributed by atoms with E-state index in [4.69, 9.17) is 33.4 Å². The number of anilines is 1. The summed E-state index contributed by atoms with van der Waals surface area (Å²) in [6.45, 7) is -3.13. The summed E-state index contributed by atoms with van der Waals surface area (Å²) >= 11 is 12.5. The molecule has 0 radical (unpaired) electrons. The molecule has 0 aliphatic carbocycles. The van der Waals surface area contributed by atoms with Gasteiger partial charge < -0.3 is 9.30 Å². The number of hydrogen-bond donors (Lipinski definition) is 0. The molecule has 9 heteroatoms. The summed E-state index contributed by atoms with van der Waals surface area (Å²) in [5.41, 5.74) is 0.771. The van der Waals surface area contributed by atoms with Crippen LogP contribution in [0.3, 0.4) is 0 Å². The topological polar surface area (TPSA) is 63.0 Å². The smallest absolute Gasteiger partial charge is 0.281 e. The summed E-state index contributed by atoms with van der Waals surface area (Å²) in [5, 5.41) is 0.348. The molecule has 26 heavy (non-hydrogen) atoms. The van der Waals surface area contributed by atoms with Crippen molar-refractivity contribution >= 4 is 40.9 Å². The number of carbonyl (C=O) groups is 1. The zero-order valence-electron chi connectivity index (χ0n) is 18.0. The minimum atomic E-state index is -2.57. The van der Waals surface area contributed by atoms with E-state index in [1.807, 2.05) is 0 Å². The average Bonchev–Trinajstić information content (AvgIpc) is 3.06. The molecule has 0 saturated heterocycles. The normalized spacial score (nSPS) is 22.0. The maximum atomic E-state index is 13.2. The van der Waals surface area contributed by atoms with E-state index in [0.717, 1.165) is 10.5 Å². The third-order valence-corrected chi connectivity index (χ3v) is 4.78. The summed E-state index contributed by atoms with van der Waals surface area (Å²) in [6, 6.07) is 5.13. The van der Waals surface area contributed by atoms with E-state index >= 15 is 0 Å². The van der Waals surface area contributed by atoms with Crippen LogP contribution in [-0.2, 0) is 6.54 Å². The van der Waals surface area contributed by atoms with Crippen LogP contribution in [-0.4, -0.2) is 53.0 Å². The lowest BCUT2D eigenvalue weighted by atomic mass is 10.2. The fourth-order valence-electron chi connectivity index (χ4n) is 2.97. The van der Waals surface area contributed by atoms with Gasteiger partial charge in [-0.15, -0.1) is 0 Å². The first-order valence-corrected chi connectivity index (χ1v) is 8.59. The van der Waals surface area contributed by atoms with Crippen molar-refractivity contribution < 1.29 is 15.0 Å². The summed E-state index contributed by atoms with van der Waals surface area (Å²) in [6.07, 6.45) is 0. The Morgan fingerprint density at radius 3 is 2.88 bits per heavy atom. The third-order valence-electron chi connectivity index (χ3n) is 4.19. The van der Waals surface area contributed by atoms with Gasteiger partial charge in [-0.05, 0) is 36.2 Å². The number of rotatable bonds is 4. The van der Waals surface area contributed by atoms with E-state index in [2.05, 4.69) is 9.98 Å². The number of nitrogens with zero attached hydrogens (tertiary/aromatic N) is 5. The quantitative estimate of drug-likeness (QED) is 0.795. The molecule has 4 rings (SSSR count). The van der Waals surface area contributed by atoms with E-state index in [-0.39, 0.29) is 35.8 Å². The van der Waals surface area contributed by atoms with Gasteiger partial charge in [0.25, 0.3) is 5.91 Å². The number of aromatic nitrogens is 2. The molecule has 2 aliphatic rings. The Balaban J connectivity index is 1.85. The van der Waals surface area contributed by atoms with Gasteiger partial charge in [0.05, 0.1) is 30.7 Å². The molecule has 0 bridgehead atoms. The number of methoxy groups -OCH3 is 1. The number of carbonyl (C=O) groups excluding carboxylic acids is 1. The fraction of sp³-hybridized carbons (Fsp3) is 0.353. The van der Waals surface area contributed by atoms with Crippen molar-refractivity contribution in [1.29, 1.82) is 0 Å². The van der Waals surface area contributed by atoms with Gasteiger partial charge in [0.1, 0.15) is 5.75 Å². The van der Waals surface area contributed by atoms with Gasteiger partial charge >= 0.3 is 0 Å². The van der Waals surface area contributed by atoms with E-state index in [1.54, 1.807) is 25.1 Å². The van der Waals surface area contributed by atoms with Crippen molar-refractivity contribution in [2.24, 2.45) is 4.99 Å². The van der Waals surface area contributed by atoms with Gasteiger partial charge in [0.15, 0.2) is 11.5 Å². The van der Waals surface area contributed by atoms with E-state index in [9.17, 15) is 4.79 Å². The van der Waals surface area contributed by atoms with Crippen LogP contribution in [0.25, 0.3) is 0 Å². The van der Waals surface area contributed by atoms with Crippen LogP contribution in [0, 0.1) is 0 Å². The molecule has 0 spiro atoms. The zero-order valence-corrected chi connectivity index (χ0v) is 15.5. The molecule has 7 nitrogen and oxygen atoms in total. The fourth-order valence-corrected chi connectivity index (χ4v) is 3.48. The summed E-state index contributed by atoms with van der Waals surface area (Å²) in [7, 11) is 1.50. The van der Waals surface area contributed by atoms with E-state index in [1.165, 1.54) is 16.6 Å². The Hall–Kier alpha value is -2.25. The molecule has 0 N–H and O–H groups in total. The minimum Gasteiger partial charge on any atom is -0.495 e. The largest absolute Gasteiger partial charge is 0.495 e. The first-order chi connectivity index (χ1) is 14.0. The molecule has 0 unspecified atom stereocenters. The lowest BCUT2D eigenvalue weighted by Gasteiger charge is -2.32. The number of fused-ring (bicyclic) bond motifs is 3. The molecule has 0 fully saturated rings. The minimum absolute atomic E-state index is 0.0409. The Bertz CT molecular complexity index is 1090. The third kappa shape index (κ3) is 2.54. The van der Waals surface area contributed by atoms with Crippen LogP contribution in [0.1, 0.15) is 28.5 Å². The van der Waals surface area contributed by atoms with Crippen molar-refractivity contribution in [2.75, 3.05) is 31.5 Å². The maximum absolute atomic E-state index is 13.2. The molecule has 1 aromatic carbocycles. The second kappa shape index (κ2) is 6.48. The first-order valence-electron chi connectivity index (χ1n) is 9.84. The van der Waals surface area contributed by atoms with Crippen molar-refractivity contribution in [1.82, 2.24) is 14.5 Å². The van der Waals surface area contributed by atoms with Gasteiger partial charge in [-0.2, -0.15) is 4.98 Å². The van der Waals surface area contributed by atoms with E-state index in [0.29, 0.717) is 10.8 Å². The Labute approximate surface area is 166 Å². The molecular weight excluding hydrogens is 377 g/mol. The van der Waals surface area contributed by atoms with E-state index < -0.39 is 18.9 Å². The number of guanidine groups is 1. The van der Waals surface area contributed by atoms with Crippen LogP contribution in [0.15, 0.2) is 23.2 Å². The van der Waals surface area contributed by atoms with Gasteiger partial charge in [-0.3, -0.25) is 19.6 Å². The Morgan fingerprint density at radius 1 is 1.38 bits per heavy atom. The molecule has 2 aromatic rings. The predicted molar refractivity (Wildman–Crippen MR) is 101 cm³/mol. The molecule has 1 amide bonds. The van der Waals surface area contributed by atoms with Crippen LogP contribution in [0.5, 0.6) is 5.75 Å². The highest BCUT2D eigenvalue weighted by molar-refractivity contribution is 6.32. The summed E-state index contributed by atoms with van der Waals surface area (Å²) in [5.74, 6) is -0.186. The standard InChI is InChI=1S/C17H17Cl2N5O2/c1-3-22-15(25)13-14(23-7-6-20-17(22)23)21-16(19)24(13)9-10-4-5-12(26-2)11(18)8-10/h4-5,8H,3,6-7,9H2,1-2H3/i6D2,7D2. The number of aliphatic imine (C=N–C) groups is 1. The average molecular weight is 398 g/mol. The monoisotopic (exact) mass is 397 g/mol. The lowest BCUT2D eigenvalue weighted by Crippen LogP contribution is -2.50. The molecular formula is C17H17Cl2N5O2. The highest BCUT2D eigenvalue weighted by Crippen LogP contribution is 2.33. The highest BCUT2D eigenvalue weighted by Gasteiger charge is 2.40. The van der Waals surface area contributed by atoms with Crippen molar-refractivity contribution in [3.8, 4) is 5.75 Å². The zero-order chi connectivity index (χ0) is 22.0. The Morgan fingerprint density at radius 2 is 2.19 bits per heavy atom. The lowest BCUT2D eigenvalue weighted by molar-refractivity contribution is 0.0836. The van der Waals surface area contributed by atoms with Crippen molar-refractivity contribution in [3.63, 3.8) is 0 Å². The van der Waals surface area contributed by atoms with Crippen molar-refractivity contribution in [3.05, 3.63) is 39.8 Å². The SMILES string of the molecule is [2H]C1([2H])N=C2N(CC)C(=O)c3c(nc(Cl)n3Cc3ccc(OC)c(Cl)c3)N2C1([2H])[2H]. The number of hydrogen-bond acceptors (Lipinski definition) is 5. The van der Waals surface area contributed by atoms with Gasteiger partial charge in [-0.25, -0.2) is 0 Å². The van der Waals surface area contributed by atoms with Crippen LogP contribution in [0.2, 0.25) is 10.3 Å². The first kappa shape index (κ1) is 13.0. The maximum Gasteiger partial charge on any atom is 0.281 e. The van der Waals surface area contributed by atoms with Crippen LogP contribution < -0.4 is 9.64 Å². The molecule has 0 saturated carbocycles. The number of ether oxygens (including phenoxy) is 1. The highest BCUT2D eigenvalue weighted by atomic mass is 35.5. The number of amides is 1. The molecule has 1 aromatic heterocycles. The van der Waals surface area contributed by atoms with Crippen LogP contribution >= 0.6 is 23.2 Å². The Kier molecular flexibility index (Phi) is 3.24. The summed E-state index contributed by atoms with van der Waals surface area (Å²) in [4.78, 5) is 23.4. The molecule has 136 valence electrons. The van der Waals surface area contributed by atoms with Gasteiger partial charge in [-0.1, -0.05) is 17.7 Å².